The second-order valence-corrected chi connectivity index (χ2v) is 5.71. The highest BCUT2D eigenvalue weighted by Gasteiger charge is 2.53. The van der Waals surface area contributed by atoms with Crippen LogP contribution in [0.1, 0.15) is 11.1 Å². The van der Waals surface area contributed by atoms with Gasteiger partial charge in [-0.1, -0.05) is 18.2 Å². The van der Waals surface area contributed by atoms with Crippen LogP contribution in [0.5, 0.6) is 0 Å². The molecule has 3 rings (SSSR count). The Kier molecular flexibility index (Phi) is 3.29. The van der Waals surface area contributed by atoms with Gasteiger partial charge in [-0.15, -0.1) is 0 Å². The first-order chi connectivity index (χ1) is 9.95. The maximum Gasteiger partial charge on any atom is 0.310 e. The molecule has 1 aromatic carbocycles. The fraction of sp³-hybridized carbons (Fsp3) is 0.375. The van der Waals surface area contributed by atoms with Crippen LogP contribution in [-0.2, 0) is 14.3 Å². The first-order valence-electron chi connectivity index (χ1n) is 6.91. The van der Waals surface area contributed by atoms with Crippen LogP contribution in [0, 0.1) is 25.7 Å². The highest BCUT2D eigenvalue weighted by Crippen LogP contribution is 2.39. The van der Waals surface area contributed by atoms with Crippen molar-refractivity contribution in [3.8, 4) is 0 Å². The molecule has 0 aromatic heterocycles. The molecule has 0 saturated carbocycles. The second-order valence-electron chi connectivity index (χ2n) is 5.71. The van der Waals surface area contributed by atoms with Crippen molar-refractivity contribution in [1.29, 1.82) is 0 Å². The second kappa shape index (κ2) is 5.00. The van der Waals surface area contributed by atoms with E-state index in [-0.39, 0.29) is 5.91 Å². The Morgan fingerprint density at radius 3 is 2.19 bits per heavy atom. The van der Waals surface area contributed by atoms with Crippen LogP contribution < -0.4 is 5.32 Å². The molecule has 2 N–H and O–H groups in total. The van der Waals surface area contributed by atoms with Gasteiger partial charge >= 0.3 is 5.97 Å². The van der Waals surface area contributed by atoms with Crippen LogP contribution in [0.2, 0.25) is 0 Å². The zero-order chi connectivity index (χ0) is 15.1. The normalized spacial score (nSPS) is 29.6. The minimum atomic E-state index is -0.993. The summed E-state index contributed by atoms with van der Waals surface area (Å²) in [7, 11) is 0. The molecule has 0 aliphatic carbocycles. The molecule has 2 aliphatic rings. The molecule has 2 aliphatic heterocycles. The number of aryl methyl sites for hydroxylation is 2. The number of hydrogen-bond donors (Lipinski definition) is 2. The number of carbonyl (C=O) groups is 2. The van der Waals surface area contributed by atoms with Crippen molar-refractivity contribution in [2.24, 2.45) is 11.8 Å². The number of hydrogen-bond acceptors (Lipinski definition) is 3. The number of carboxylic acid groups (broad SMARTS) is 1. The van der Waals surface area contributed by atoms with Gasteiger partial charge in [-0.05, 0) is 37.1 Å². The number of nitrogens with one attached hydrogen (secondary N) is 1. The molecule has 5 nitrogen and oxygen atoms in total. The van der Waals surface area contributed by atoms with Crippen LogP contribution >= 0.6 is 0 Å². The first kappa shape index (κ1) is 13.8. The molecule has 2 bridgehead atoms. The van der Waals surface area contributed by atoms with E-state index in [4.69, 9.17) is 4.74 Å². The third-order valence-electron chi connectivity index (χ3n) is 3.98. The lowest BCUT2D eigenvalue weighted by Gasteiger charge is -2.21. The highest BCUT2D eigenvalue weighted by molar-refractivity contribution is 5.96. The predicted octanol–water partition coefficient (Wildman–Crippen LogP) is 1.90. The third kappa shape index (κ3) is 2.45. The lowest BCUT2D eigenvalue weighted by atomic mass is 9.82. The van der Waals surface area contributed by atoms with Crippen LogP contribution in [0.4, 0.5) is 5.69 Å². The van der Waals surface area contributed by atoms with Crippen LogP contribution in [-0.4, -0.2) is 29.2 Å². The number of ether oxygens (including phenoxy) is 1. The molecule has 0 radical (unpaired) electrons. The van der Waals surface area contributed by atoms with Crippen LogP contribution in [0.3, 0.4) is 0 Å². The summed E-state index contributed by atoms with van der Waals surface area (Å²) in [6.07, 6.45) is 2.56. The topological polar surface area (TPSA) is 75.6 Å². The molecular weight excluding hydrogens is 270 g/mol. The Bertz CT molecular complexity index is 617. The number of rotatable bonds is 3. The van der Waals surface area contributed by atoms with E-state index in [1.807, 2.05) is 32.0 Å². The Balaban J connectivity index is 1.82. The standard InChI is InChI=1S/C16H17NO4/c1-8-5-9(2)7-10(6-8)17-15(18)13-11-3-4-12(21-11)14(13)16(19)20/h3-7,11-14H,1-2H3,(H,17,18)(H,19,20)/t11-,12+,13-,14+/m1/s1. The minimum absolute atomic E-state index is 0.302. The van der Waals surface area contributed by atoms with Crippen molar-refractivity contribution in [3.63, 3.8) is 0 Å². The lowest BCUT2D eigenvalue weighted by Crippen LogP contribution is -2.39. The van der Waals surface area contributed by atoms with Crippen molar-refractivity contribution in [3.05, 3.63) is 41.5 Å². The predicted molar refractivity (Wildman–Crippen MR) is 77.0 cm³/mol. The molecule has 4 atom stereocenters. The van der Waals surface area contributed by atoms with E-state index in [9.17, 15) is 14.7 Å². The van der Waals surface area contributed by atoms with Crippen molar-refractivity contribution < 1.29 is 19.4 Å². The Morgan fingerprint density at radius 2 is 1.62 bits per heavy atom. The summed E-state index contributed by atoms with van der Waals surface area (Å²) >= 11 is 0. The zero-order valence-electron chi connectivity index (χ0n) is 11.9. The Morgan fingerprint density at radius 1 is 1.05 bits per heavy atom. The molecule has 1 amide bonds. The van der Waals surface area contributed by atoms with Gasteiger partial charge in [0.15, 0.2) is 0 Å². The molecule has 5 heteroatoms. The minimum Gasteiger partial charge on any atom is -0.481 e. The van der Waals surface area contributed by atoms with Gasteiger partial charge in [0.1, 0.15) is 5.92 Å². The lowest BCUT2D eigenvalue weighted by molar-refractivity contribution is -0.145. The van der Waals surface area contributed by atoms with E-state index in [1.54, 1.807) is 12.2 Å². The SMILES string of the molecule is Cc1cc(C)cc(NC(=O)[C@H]2[C@@H](C(=O)O)[C@@H]3C=C[C@H]2O3)c1. The highest BCUT2D eigenvalue weighted by atomic mass is 16.5. The van der Waals surface area contributed by atoms with Gasteiger partial charge in [-0.2, -0.15) is 0 Å². The van der Waals surface area contributed by atoms with E-state index in [2.05, 4.69) is 5.32 Å². The van der Waals surface area contributed by atoms with Crippen LogP contribution in [0.25, 0.3) is 0 Å². The smallest absolute Gasteiger partial charge is 0.310 e. The van der Waals surface area contributed by atoms with Gasteiger partial charge in [0.05, 0.1) is 18.1 Å². The molecule has 1 fully saturated rings. The molecule has 21 heavy (non-hydrogen) atoms. The number of anilines is 1. The molecule has 110 valence electrons. The molecule has 1 saturated heterocycles. The molecule has 1 aromatic rings. The van der Waals surface area contributed by atoms with Gasteiger partial charge in [-0.25, -0.2) is 0 Å². The first-order valence-corrected chi connectivity index (χ1v) is 6.91. The fourth-order valence-corrected chi connectivity index (χ4v) is 3.19. The van der Waals surface area contributed by atoms with E-state index in [1.165, 1.54) is 0 Å². The van der Waals surface area contributed by atoms with Crippen molar-refractivity contribution in [2.45, 2.75) is 26.1 Å². The van der Waals surface area contributed by atoms with E-state index < -0.39 is 30.0 Å². The average molecular weight is 287 g/mol. The number of carboxylic acids is 1. The Labute approximate surface area is 122 Å². The summed E-state index contributed by atoms with van der Waals surface area (Å²) in [6.45, 7) is 3.90. The van der Waals surface area contributed by atoms with Crippen molar-refractivity contribution in [1.82, 2.24) is 0 Å². The van der Waals surface area contributed by atoms with Crippen molar-refractivity contribution in [2.75, 3.05) is 5.32 Å². The van der Waals surface area contributed by atoms with E-state index >= 15 is 0 Å². The van der Waals surface area contributed by atoms with Gasteiger partial charge < -0.3 is 15.2 Å². The largest absolute Gasteiger partial charge is 0.481 e. The molecule has 0 spiro atoms. The van der Waals surface area contributed by atoms with E-state index in [0.29, 0.717) is 5.69 Å². The summed E-state index contributed by atoms with van der Waals surface area (Å²) in [5, 5.41) is 12.1. The molecular formula is C16H17NO4. The summed E-state index contributed by atoms with van der Waals surface area (Å²) in [4.78, 5) is 23.8. The molecule has 0 unspecified atom stereocenters. The number of aliphatic carboxylic acids is 1. The summed E-state index contributed by atoms with van der Waals surface area (Å²) in [6, 6.07) is 5.74. The quantitative estimate of drug-likeness (QED) is 0.833. The van der Waals surface area contributed by atoms with Gasteiger partial charge in [0.25, 0.3) is 0 Å². The number of fused-ring (bicyclic) bond motifs is 2. The third-order valence-corrected chi connectivity index (χ3v) is 3.98. The number of carbonyl (C=O) groups excluding carboxylic acids is 1. The monoisotopic (exact) mass is 287 g/mol. The maximum atomic E-state index is 12.5. The summed E-state index contributed by atoms with van der Waals surface area (Å²) in [5.41, 5.74) is 2.78. The Hall–Kier alpha value is -2.14. The average Bonchev–Trinajstić information content (AvgIpc) is 2.96. The van der Waals surface area contributed by atoms with Crippen LogP contribution in [0.15, 0.2) is 30.4 Å². The number of benzene rings is 1. The number of amides is 1. The summed E-state index contributed by atoms with van der Waals surface area (Å²) < 4.78 is 5.51. The van der Waals surface area contributed by atoms with Gasteiger partial charge in [-0.3, -0.25) is 9.59 Å². The van der Waals surface area contributed by atoms with E-state index in [0.717, 1.165) is 11.1 Å². The zero-order valence-corrected chi connectivity index (χ0v) is 11.9. The van der Waals surface area contributed by atoms with Gasteiger partial charge in [0, 0.05) is 5.69 Å². The summed E-state index contributed by atoms with van der Waals surface area (Å²) in [5.74, 6) is -2.79. The van der Waals surface area contributed by atoms with Gasteiger partial charge in [0.2, 0.25) is 5.91 Å². The molecule has 2 heterocycles. The fourth-order valence-electron chi connectivity index (χ4n) is 3.19. The maximum absolute atomic E-state index is 12.5. The van der Waals surface area contributed by atoms with Crippen molar-refractivity contribution >= 4 is 17.6 Å².